The molecule has 16 heavy (non-hydrogen) atoms. The maximum Gasteiger partial charge on any atom is 0.227 e. The van der Waals surface area contributed by atoms with Crippen LogP contribution in [-0.4, -0.2) is 29.1 Å². The second-order valence-corrected chi connectivity index (χ2v) is 3.95. The average Bonchev–Trinajstić information content (AvgIpc) is 2.28. The van der Waals surface area contributed by atoms with Gasteiger partial charge in [-0.25, -0.2) is 9.97 Å². The number of rotatable bonds is 6. The normalized spacial score (nSPS) is 10.1. The van der Waals surface area contributed by atoms with Crippen LogP contribution in [0, 0.1) is 0 Å². The largest absolute Gasteiger partial charge is 0.381 e. The lowest BCUT2D eigenvalue weighted by Gasteiger charge is -2.04. The standard InChI is InChI=1S/C10H14BrN3O2/c1-2-4-16-5-3-10(15)14-9-7-12-8(11)6-13-9/h6-7H,2-5H2,1H3,(H,13,14,15). The third-order valence-electron chi connectivity index (χ3n) is 1.71. The number of aromatic nitrogens is 2. The maximum atomic E-state index is 11.4. The van der Waals surface area contributed by atoms with Gasteiger partial charge >= 0.3 is 0 Å². The zero-order valence-electron chi connectivity index (χ0n) is 9.07. The van der Waals surface area contributed by atoms with Gasteiger partial charge in [0.25, 0.3) is 0 Å². The lowest BCUT2D eigenvalue weighted by molar-refractivity contribution is -0.117. The number of carbonyl (C=O) groups is 1. The fourth-order valence-corrected chi connectivity index (χ4v) is 1.20. The van der Waals surface area contributed by atoms with Gasteiger partial charge in [-0.2, -0.15) is 0 Å². The molecule has 1 rings (SSSR count). The van der Waals surface area contributed by atoms with E-state index in [4.69, 9.17) is 4.74 Å². The van der Waals surface area contributed by atoms with Gasteiger partial charge in [0.2, 0.25) is 5.91 Å². The van der Waals surface area contributed by atoms with Gasteiger partial charge in [-0.15, -0.1) is 0 Å². The topological polar surface area (TPSA) is 64.1 Å². The Morgan fingerprint density at radius 2 is 2.25 bits per heavy atom. The van der Waals surface area contributed by atoms with Crippen molar-refractivity contribution in [3.63, 3.8) is 0 Å². The monoisotopic (exact) mass is 287 g/mol. The number of amides is 1. The van der Waals surface area contributed by atoms with Crippen LogP contribution < -0.4 is 5.32 Å². The second-order valence-electron chi connectivity index (χ2n) is 3.13. The van der Waals surface area contributed by atoms with Crippen molar-refractivity contribution in [3.05, 3.63) is 17.0 Å². The number of carbonyl (C=O) groups excluding carboxylic acids is 1. The molecular weight excluding hydrogens is 274 g/mol. The van der Waals surface area contributed by atoms with Gasteiger partial charge in [-0.3, -0.25) is 4.79 Å². The molecule has 0 radical (unpaired) electrons. The SMILES string of the molecule is CCCOCCC(=O)Nc1cnc(Br)cn1. The first-order valence-corrected chi connectivity index (χ1v) is 5.87. The Hall–Kier alpha value is -1.01. The number of nitrogens with zero attached hydrogens (tertiary/aromatic N) is 2. The van der Waals surface area contributed by atoms with Gasteiger partial charge in [0.15, 0.2) is 5.82 Å². The fourth-order valence-electron chi connectivity index (χ4n) is 0.993. The molecule has 1 aromatic heterocycles. The van der Waals surface area contributed by atoms with Crippen LogP contribution in [0.25, 0.3) is 0 Å². The summed E-state index contributed by atoms with van der Waals surface area (Å²) in [6.07, 6.45) is 4.32. The average molecular weight is 288 g/mol. The minimum atomic E-state index is -0.118. The summed E-state index contributed by atoms with van der Waals surface area (Å²) in [6, 6.07) is 0. The van der Waals surface area contributed by atoms with Crippen LogP contribution in [0.4, 0.5) is 5.82 Å². The third-order valence-corrected chi connectivity index (χ3v) is 2.12. The molecule has 1 amide bonds. The van der Waals surface area contributed by atoms with E-state index < -0.39 is 0 Å². The van der Waals surface area contributed by atoms with Crippen LogP contribution in [0.15, 0.2) is 17.0 Å². The van der Waals surface area contributed by atoms with Crippen molar-refractivity contribution in [1.82, 2.24) is 9.97 Å². The van der Waals surface area contributed by atoms with Crippen LogP contribution in [0.2, 0.25) is 0 Å². The Balaban J connectivity index is 2.26. The number of halogens is 1. The molecule has 0 fully saturated rings. The smallest absolute Gasteiger partial charge is 0.227 e. The summed E-state index contributed by atoms with van der Waals surface area (Å²) in [7, 11) is 0. The van der Waals surface area contributed by atoms with Crippen molar-refractivity contribution in [1.29, 1.82) is 0 Å². The van der Waals surface area contributed by atoms with Crippen molar-refractivity contribution in [2.24, 2.45) is 0 Å². The highest BCUT2D eigenvalue weighted by atomic mass is 79.9. The molecule has 0 atom stereocenters. The van der Waals surface area contributed by atoms with Gasteiger partial charge in [0.1, 0.15) is 4.60 Å². The highest BCUT2D eigenvalue weighted by molar-refractivity contribution is 9.10. The Bertz CT molecular complexity index is 329. The van der Waals surface area contributed by atoms with Crippen LogP contribution in [0.3, 0.4) is 0 Å². The van der Waals surface area contributed by atoms with Crippen molar-refractivity contribution < 1.29 is 9.53 Å². The van der Waals surface area contributed by atoms with Crippen LogP contribution in [0.1, 0.15) is 19.8 Å². The predicted octanol–water partition coefficient (Wildman–Crippen LogP) is 1.99. The minimum absolute atomic E-state index is 0.118. The summed E-state index contributed by atoms with van der Waals surface area (Å²) in [6.45, 7) is 3.15. The molecule has 6 heteroatoms. The van der Waals surface area contributed by atoms with Crippen molar-refractivity contribution in [2.75, 3.05) is 18.5 Å². The highest BCUT2D eigenvalue weighted by Crippen LogP contribution is 2.06. The van der Waals surface area contributed by atoms with E-state index in [0.29, 0.717) is 30.1 Å². The van der Waals surface area contributed by atoms with E-state index in [2.05, 4.69) is 31.2 Å². The minimum Gasteiger partial charge on any atom is -0.381 e. The lowest BCUT2D eigenvalue weighted by Crippen LogP contribution is -2.15. The van der Waals surface area contributed by atoms with Crippen molar-refractivity contribution in [3.8, 4) is 0 Å². The quantitative estimate of drug-likeness (QED) is 0.813. The first-order chi connectivity index (χ1) is 7.72. The van der Waals surface area contributed by atoms with Crippen LogP contribution in [-0.2, 0) is 9.53 Å². The molecule has 1 heterocycles. The van der Waals surface area contributed by atoms with Gasteiger partial charge in [-0.05, 0) is 22.4 Å². The molecular formula is C10H14BrN3O2. The number of ether oxygens (including phenoxy) is 1. The zero-order valence-corrected chi connectivity index (χ0v) is 10.7. The Morgan fingerprint density at radius 1 is 1.44 bits per heavy atom. The zero-order chi connectivity index (χ0) is 11.8. The second kappa shape index (κ2) is 7.29. The Morgan fingerprint density at radius 3 is 2.88 bits per heavy atom. The molecule has 0 aliphatic heterocycles. The number of nitrogens with one attached hydrogen (secondary N) is 1. The first kappa shape index (κ1) is 13.1. The summed E-state index contributed by atoms with van der Waals surface area (Å²) in [4.78, 5) is 19.3. The van der Waals surface area contributed by atoms with E-state index >= 15 is 0 Å². The molecule has 0 saturated carbocycles. The molecule has 0 unspecified atom stereocenters. The fraction of sp³-hybridized carbons (Fsp3) is 0.500. The van der Waals surface area contributed by atoms with E-state index in [1.807, 2.05) is 6.92 Å². The van der Waals surface area contributed by atoms with Crippen LogP contribution in [0.5, 0.6) is 0 Å². The first-order valence-electron chi connectivity index (χ1n) is 5.07. The Labute approximate surface area is 103 Å². The van der Waals surface area contributed by atoms with E-state index in [-0.39, 0.29) is 5.91 Å². The number of hydrogen-bond acceptors (Lipinski definition) is 4. The van der Waals surface area contributed by atoms with Gasteiger partial charge in [0.05, 0.1) is 25.4 Å². The van der Waals surface area contributed by atoms with E-state index in [9.17, 15) is 4.79 Å². The van der Waals surface area contributed by atoms with Gasteiger partial charge in [0, 0.05) is 6.61 Å². The lowest BCUT2D eigenvalue weighted by atomic mass is 10.4. The molecule has 0 spiro atoms. The number of anilines is 1. The highest BCUT2D eigenvalue weighted by Gasteiger charge is 2.03. The summed E-state index contributed by atoms with van der Waals surface area (Å²) in [5.74, 6) is 0.330. The third kappa shape index (κ3) is 5.18. The Kier molecular flexibility index (Phi) is 5.95. The molecule has 0 aliphatic carbocycles. The summed E-state index contributed by atoms with van der Waals surface area (Å²) >= 11 is 3.16. The summed E-state index contributed by atoms with van der Waals surface area (Å²) in [5, 5.41) is 2.63. The molecule has 0 bridgehead atoms. The van der Waals surface area contributed by atoms with E-state index in [1.165, 1.54) is 12.4 Å². The van der Waals surface area contributed by atoms with Crippen LogP contribution >= 0.6 is 15.9 Å². The predicted molar refractivity (Wildman–Crippen MR) is 64.1 cm³/mol. The van der Waals surface area contributed by atoms with Crippen molar-refractivity contribution in [2.45, 2.75) is 19.8 Å². The molecule has 1 aromatic rings. The van der Waals surface area contributed by atoms with Crippen molar-refractivity contribution >= 4 is 27.7 Å². The summed E-state index contributed by atoms with van der Waals surface area (Å²) in [5.41, 5.74) is 0. The molecule has 0 aromatic carbocycles. The molecule has 0 saturated heterocycles. The molecule has 88 valence electrons. The van der Waals surface area contributed by atoms with E-state index in [1.54, 1.807) is 0 Å². The molecule has 0 aliphatic rings. The van der Waals surface area contributed by atoms with Gasteiger partial charge in [-0.1, -0.05) is 6.92 Å². The number of hydrogen-bond donors (Lipinski definition) is 1. The maximum absolute atomic E-state index is 11.4. The van der Waals surface area contributed by atoms with Gasteiger partial charge < -0.3 is 10.1 Å². The molecule has 1 N–H and O–H groups in total. The summed E-state index contributed by atoms with van der Waals surface area (Å²) < 4.78 is 5.84. The van der Waals surface area contributed by atoms with E-state index in [0.717, 1.165) is 6.42 Å². The molecule has 5 nitrogen and oxygen atoms in total.